The van der Waals surface area contributed by atoms with Crippen LogP contribution >= 0.6 is 0 Å². The van der Waals surface area contributed by atoms with Gasteiger partial charge in [0.15, 0.2) is 0 Å². The van der Waals surface area contributed by atoms with E-state index in [9.17, 15) is 0 Å². The molecule has 2 unspecified atom stereocenters. The zero-order valence-corrected chi connectivity index (χ0v) is 9.75. The molecule has 1 saturated heterocycles. The van der Waals surface area contributed by atoms with Crippen molar-refractivity contribution in [3.8, 4) is 0 Å². The maximum absolute atomic E-state index is 5.31. The highest BCUT2D eigenvalue weighted by atomic mass is 16.5. The van der Waals surface area contributed by atoms with Gasteiger partial charge in [-0.3, -0.25) is 5.43 Å². The fraction of sp³-hybridized carbons (Fsp3) is 1.00. The molecule has 0 aromatic heterocycles. The van der Waals surface area contributed by atoms with Gasteiger partial charge in [0.05, 0.1) is 6.61 Å². The minimum atomic E-state index is 0.667. The fourth-order valence-corrected chi connectivity index (χ4v) is 2.12. The Labute approximate surface area is 87.8 Å². The summed E-state index contributed by atoms with van der Waals surface area (Å²) in [6.45, 7) is 9.18. The highest BCUT2D eigenvalue weighted by Crippen LogP contribution is 2.19. The molecule has 0 aromatic carbocycles. The number of piperidine rings is 1. The van der Waals surface area contributed by atoms with Gasteiger partial charge in [-0.15, -0.1) is 0 Å². The molecule has 14 heavy (non-hydrogen) atoms. The van der Waals surface area contributed by atoms with Gasteiger partial charge in [0.2, 0.25) is 0 Å². The first-order chi connectivity index (χ1) is 6.75. The van der Waals surface area contributed by atoms with Crippen molar-refractivity contribution in [2.24, 2.45) is 0 Å². The summed E-state index contributed by atoms with van der Waals surface area (Å²) in [6.07, 6.45) is 3.99. The van der Waals surface area contributed by atoms with Gasteiger partial charge >= 0.3 is 0 Å². The molecule has 0 spiro atoms. The monoisotopic (exact) mass is 200 g/mol. The Kier molecular flexibility index (Phi) is 5.45. The maximum atomic E-state index is 5.31. The summed E-state index contributed by atoms with van der Waals surface area (Å²) in [6, 6.07) is 1.33. The van der Waals surface area contributed by atoms with Gasteiger partial charge in [-0.2, -0.15) is 0 Å². The van der Waals surface area contributed by atoms with Crippen molar-refractivity contribution in [1.82, 2.24) is 10.4 Å². The van der Waals surface area contributed by atoms with Crippen LogP contribution in [0.2, 0.25) is 0 Å². The van der Waals surface area contributed by atoms with E-state index in [1.54, 1.807) is 0 Å². The van der Waals surface area contributed by atoms with Crippen LogP contribution in [0.3, 0.4) is 0 Å². The number of rotatable bonds is 5. The highest BCUT2D eigenvalue weighted by Gasteiger charge is 2.23. The van der Waals surface area contributed by atoms with Gasteiger partial charge in [0.1, 0.15) is 0 Å². The first-order valence-electron chi connectivity index (χ1n) is 5.85. The van der Waals surface area contributed by atoms with Gasteiger partial charge in [0, 0.05) is 25.2 Å². The van der Waals surface area contributed by atoms with Crippen molar-refractivity contribution < 1.29 is 4.74 Å². The Balaban J connectivity index is 2.19. The lowest BCUT2D eigenvalue weighted by Crippen LogP contribution is -2.52. The third-order valence-electron chi connectivity index (χ3n) is 2.94. The first kappa shape index (κ1) is 12.0. The number of nitrogens with zero attached hydrogens (tertiary/aromatic N) is 1. The third-order valence-corrected chi connectivity index (χ3v) is 2.94. The normalized spacial score (nSPS) is 29.4. The lowest BCUT2D eigenvalue weighted by Gasteiger charge is -2.39. The van der Waals surface area contributed by atoms with Gasteiger partial charge in [-0.1, -0.05) is 6.42 Å². The van der Waals surface area contributed by atoms with Crippen molar-refractivity contribution in [3.63, 3.8) is 0 Å². The molecule has 0 saturated carbocycles. The molecule has 84 valence electrons. The lowest BCUT2D eigenvalue weighted by molar-refractivity contribution is 0.0323. The molecule has 1 N–H and O–H groups in total. The van der Waals surface area contributed by atoms with Crippen LogP contribution in [0, 0.1) is 0 Å². The minimum absolute atomic E-state index is 0.667. The van der Waals surface area contributed by atoms with Crippen LogP contribution < -0.4 is 5.43 Å². The van der Waals surface area contributed by atoms with Crippen molar-refractivity contribution in [2.75, 3.05) is 19.8 Å². The molecule has 2 atom stereocenters. The number of nitrogens with one attached hydrogen (secondary N) is 1. The molecule has 1 aliphatic heterocycles. The van der Waals surface area contributed by atoms with E-state index in [2.05, 4.69) is 24.3 Å². The van der Waals surface area contributed by atoms with E-state index in [4.69, 9.17) is 4.74 Å². The van der Waals surface area contributed by atoms with Gasteiger partial charge in [-0.05, 0) is 33.6 Å². The Morgan fingerprint density at radius 2 is 1.93 bits per heavy atom. The van der Waals surface area contributed by atoms with Gasteiger partial charge in [0.25, 0.3) is 0 Å². The quantitative estimate of drug-likeness (QED) is 0.685. The number of hydrogen-bond acceptors (Lipinski definition) is 3. The largest absolute Gasteiger partial charge is 0.380 e. The summed E-state index contributed by atoms with van der Waals surface area (Å²) in [5.41, 5.74) is 3.46. The van der Waals surface area contributed by atoms with E-state index in [0.717, 1.165) is 19.8 Å². The summed E-state index contributed by atoms with van der Waals surface area (Å²) < 4.78 is 5.31. The van der Waals surface area contributed by atoms with E-state index in [1.165, 1.54) is 19.3 Å². The zero-order chi connectivity index (χ0) is 10.4. The standard InChI is InChI=1S/C11H24N2O/c1-4-14-9-8-12-13-10(2)6-5-7-11(13)3/h10-12H,4-9H2,1-3H3. The SMILES string of the molecule is CCOCCNN1C(C)CCCC1C. The number of hydrogen-bond donors (Lipinski definition) is 1. The van der Waals surface area contributed by atoms with E-state index in [-0.39, 0.29) is 0 Å². The maximum Gasteiger partial charge on any atom is 0.0604 e. The van der Waals surface area contributed by atoms with Crippen LogP contribution in [0.15, 0.2) is 0 Å². The zero-order valence-electron chi connectivity index (χ0n) is 9.75. The second kappa shape index (κ2) is 6.38. The van der Waals surface area contributed by atoms with Crippen LogP contribution in [0.5, 0.6) is 0 Å². The second-order valence-electron chi connectivity index (χ2n) is 4.14. The number of ether oxygens (including phenoxy) is 1. The Morgan fingerprint density at radius 3 is 2.50 bits per heavy atom. The molecule has 0 aliphatic carbocycles. The summed E-state index contributed by atoms with van der Waals surface area (Å²) in [4.78, 5) is 0. The molecular weight excluding hydrogens is 176 g/mol. The van der Waals surface area contributed by atoms with E-state index >= 15 is 0 Å². The Bertz CT molecular complexity index is 142. The Morgan fingerprint density at radius 1 is 1.29 bits per heavy atom. The molecule has 1 heterocycles. The van der Waals surface area contributed by atoms with Gasteiger partial charge < -0.3 is 4.74 Å². The van der Waals surface area contributed by atoms with Crippen molar-refractivity contribution in [3.05, 3.63) is 0 Å². The predicted octanol–water partition coefficient (Wildman–Crippen LogP) is 1.79. The van der Waals surface area contributed by atoms with Crippen LogP contribution in [-0.2, 0) is 4.74 Å². The second-order valence-corrected chi connectivity index (χ2v) is 4.14. The molecule has 0 radical (unpaired) electrons. The smallest absolute Gasteiger partial charge is 0.0604 e. The molecule has 0 aromatic rings. The summed E-state index contributed by atoms with van der Waals surface area (Å²) in [5.74, 6) is 0. The number of hydrazine groups is 1. The third kappa shape index (κ3) is 3.56. The van der Waals surface area contributed by atoms with E-state index in [1.807, 2.05) is 6.92 Å². The van der Waals surface area contributed by atoms with Crippen LogP contribution in [-0.4, -0.2) is 36.9 Å². The lowest BCUT2D eigenvalue weighted by atomic mass is 10.00. The Hall–Kier alpha value is -0.120. The van der Waals surface area contributed by atoms with Crippen molar-refractivity contribution in [1.29, 1.82) is 0 Å². The molecule has 1 aliphatic rings. The average Bonchev–Trinajstić information content (AvgIpc) is 2.16. The average molecular weight is 200 g/mol. The highest BCUT2D eigenvalue weighted by molar-refractivity contribution is 4.76. The molecular formula is C11H24N2O. The molecule has 0 bridgehead atoms. The summed E-state index contributed by atoms with van der Waals surface area (Å²) >= 11 is 0. The van der Waals surface area contributed by atoms with E-state index < -0.39 is 0 Å². The molecule has 3 heteroatoms. The van der Waals surface area contributed by atoms with Crippen LogP contribution in [0.4, 0.5) is 0 Å². The minimum Gasteiger partial charge on any atom is -0.380 e. The van der Waals surface area contributed by atoms with Gasteiger partial charge in [-0.25, -0.2) is 5.01 Å². The van der Waals surface area contributed by atoms with Crippen LogP contribution in [0.1, 0.15) is 40.0 Å². The molecule has 0 amide bonds. The first-order valence-corrected chi connectivity index (χ1v) is 5.85. The van der Waals surface area contributed by atoms with Crippen LogP contribution in [0.25, 0.3) is 0 Å². The predicted molar refractivity (Wildman–Crippen MR) is 59.1 cm³/mol. The van der Waals surface area contributed by atoms with Crippen molar-refractivity contribution in [2.45, 2.75) is 52.1 Å². The molecule has 3 nitrogen and oxygen atoms in total. The molecule has 1 rings (SSSR count). The summed E-state index contributed by atoms with van der Waals surface area (Å²) in [5, 5.41) is 2.39. The van der Waals surface area contributed by atoms with E-state index in [0.29, 0.717) is 12.1 Å². The topological polar surface area (TPSA) is 24.5 Å². The van der Waals surface area contributed by atoms with Crippen molar-refractivity contribution >= 4 is 0 Å². The fourth-order valence-electron chi connectivity index (χ4n) is 2.12. The molecule has 1 fully saturated rings. The summed E-state index contributed by atoms with van der Waals surface area (Å²) in [7, 11) is 0.